The number of likely N-dealkylation sites (tertiary alicyclic amines) is 1. The number of carboxylic acid groups (broad SMARTS) is 1. The van der Waals surface area contributed by atoms with Gasteiger partial charge in [0.05, 0.1) is 42.7 Å². The molecule has 53 heavy (non-hydrogen) atoms. The lowest BCUT2D eigenvalue weighted by molar-refractivity contribution is -0.148. The topological polar surface area (TPSA) is 167 Å². The first-order chi connectivity index (χ1) is 24.9. The van der Waals surface area contributed by atoms with E-state index in [1.807, 2.05) is 41.5 Å². The summed E-state index contributed by atoms with van der Waals surface area (Å²) in [6.07, 6.45) is 0.463. The third-order valence-electron chi connectivity index (χ3n) is 10.7. The maximum atomic E-state index is 14.1. The molecule has 1 aliphatic rings. The lowest BCUT2D eigenvalue weighted by Crippen LogP contribution is -2.59. The number of carboxylic acids is 1. The van der Waals surface area contributed by atoms with Crippen molar-refractivity contribution in [2.45, 2.75) is 123 Å². The van der Waals surface area contributed by atoms with Crippen LogP contribution in [0.2, 0.25) is 0 Å². The van der Waals surface area contributed by atoms with Gasteiger partial charge in [-0.05, 0) is 55.3 Å². The van der Waals surface area contributed by atoms with Crippen molar-refractivity contribution in [1.29, 1.82) is 0 Å². The summed E-state index contributed by atoms with van der Waals surface area (Å²) in [6.45, 7) is 13.7. The number of likely N-dealkylation sites (N-methyl/N-ethyl adjacent to an activating group) is 2. The van der Waals surface area contributed by atoms with Crippen LogP contribution in [0.15, 0.2) is 24.3 Å². The van der Waals surface area contributed by atoms with Gasteiger partial charge in [0.2, 0.25) is 23.6 Å². The summed E-state index contributed by atoms with van der Waals surface area (Å²) in [6, 6.07) is 1.93. The van der Waals surface area contributed by atoms with Gasteiger partial charge in [-0.15, -0.1) is 0 Å². The summed E-state index contributed by atoms with van der Waals surface area (Å²) in [4.78, 5) is 70.2. The summed E-state index contributed by atoms with van der Waals surface area (Å²) in [5, 5.41) is 18.4. The zero-order chi connectivity index (χ0) is 40.2. The number of carbonyl (C=O) groups is 5. The molecule has 1 aliphatic heterocycles. The molecule has 9 atom stereocenters. The first kappa shape index (κ1) is 45.5. The largest absolute Gasteiger partial charge is 0.480 e. The fourth-order valence-corrected chi connectivity index (χ4v) is 7.41. The molecule has 0 bridgehead atoms. The Morgan fingerprint density at radius 3 is 2.04 bits per heavy atom. The van der Waals surface area contributed by atoms with Gasteiger partial charge >= 0.3 is 5.97 Å². The standard InChI is InChI=1S/C39H64FN5O8/c1-12-24(6)34(44(9)38(49)33(23(4)5)43-37(48)32(41-8)22(2)3)30(52-10)21-31(46)45-19-13-14-29(45)35(53-11)25(7)36(47)42-28(39(50)51)20-26-15-17-27(40)18-16-26/h15-18,22-25,28-30,32-35,41H,12-14,19-21H2,1-11H3,(H,42,47)(H,43,48)(H,50,51)/t24-,25?,28?,29-,30?,32-,33-,34?,35?/m0/s1. The summed E-state index contributed by atoms with van der Waals surface area (Å²) in [5.74, 6) is -4.05. The average molecular weight is 750 g/mol. The fraction of sp³-hybridized carbons (Fsp3) is 0.718. The van der Waals surface area contributed by atoms with Crippen LogP contribution in [-0.4, -0.2) is 122 Å². The van der Waals surface area contributed by atoms with Crippen LogP contribution in [0.4, 0.5) is 4.39 Å². The Morgan fingerprint density at radius 1 is 0.943 bits per heavy atom. The lowest BCUT2D eigenvalue weighted by Gasteiger charge is -2.41. The number of carbonyl (C=O) groups excluding carboxylic acids is 4. The molecule has 5 unspecified atom stereocenters. The Labute approximate surface area is 315 Å². The first-order valence-electron chi connectivity index (χ1n) is 18.8. The van der Waals surface area contributed by atoms with Crippen LogP contribution in [0, 0.1) is 29.5 Å². The highest BCUT2D eigenvalue weighted by Crippen LogP contribution is 2.30. The zero-order valence-electron chi connectivity index (χ0n) is 33.5. The number of halogens is 1. The Balaban J connectivity index is 2.26. The number of amides is 4. The van der Waals surface area contributed by atoms with Crippen LogP contribution in [0.25, 0.3) is 0 Å². The molecule has 0 aliphatic carbocycles. The molecule has 13 nitrogen and oxygen atoms in total. The van der Waals surface area contributed by atoms with Gasteiger partial charge in [-0.3, -0.25) is 19.2 Å². The monoisotopic (exact) mass is 749 g/mol. The van der Waals surface area contributed by atoms with Crippen molar-refractivity contribution in [2.75, 3.05) is 34.9 Å². The van der Waals surface area contributed by atoms with Gasteiger partial charge in [0.1, 0.15) is 17.9 Å². The van der Waals surface area contributed by atoms with E-state index >= 15 is 0 Å². The van der Waals surface area contributed by atoms with E-state index in [4.69, 9.17) is 9.47 Å². The van der Waals surface area contributed by atoms with Crippen LogP contribution in [0.3, 0.4) is 0 Å². The molecule has 4 amide bonds. The molecule has 1 aromatic carbocycles. The lowest BCUT2D eigenvalue weighted by atomic mass is 9.89. The summed E-state index contributed by atoms with van der Waals surface area (Å²) in [7, 11) is 6.38. The van der Waals surface area contributed by atoms with Crippen LogP contribution in [0.5, 0.6) is 0 Å². The van der Waals surface area contributed by atoms with Crippen molar-refractivity contribution in [3.63, 3.8) is 0 Å². The van der Waals surface area contributed by atoms with Gasteiger partial charge in [0.15, 0.2) is 0 Å². The van der Waals surface area contributed by atoms with Gasteiger partial charge in [-0.25, -0.2) is 9.18 Å². The second kappa shape index (κ2) is 21.3. The Morgan fingerprint density at radius 2 is 1.55 bits per heavy atom. The van der Waals surface area contributed by atoms with E-state index in [0.717, 1.165) is 0 Å². The number of nitrogens with one attached hydrogen (secondary N) is 3. The number of hydrogen-bond acceptors (Lipinski definition) is 8. The first-order valence-corrected chi connectivity index (χ1v) is 18.8. The number of benzene rings is 1. The SMILES string of the molecule is CC[C@H](C)C(C(CC(=O)N1CCC[C@H]1C(OC)C(C)C(=O)NC(Cc1ccc(F)cc1)C(=O)O)OC)N(C)C(=O)[C@@H](NC(=O)[C@@H](NC)C(C)C)C(C)C. The Kier molecular flexibility index (Phi) is 18.3. The van der Waals surface area contributed by atoms with E-state index in [0.29, 0.717) is 31.4 Å². The highest BCUT2D eigenvalue weighted by atomic mass is 19.1. The minimum absolute atomic E-state index is 0.0105. The molecule has 0 spiro atoms. The van der Waals surface area contributed by atoms with E-state index in [1.54, 1.807) is 30.8 Å². The smallest absolute Gasteiger partial charge is 0.326 e. The summed E-state index contributed by atoms with van der Waals surface area (Å²) >= 11 is 0. The molecule has 1 aromatic rings. The minimum atomic E-state index is -1.25. The predicted molar refractivity (Wildman–Crippen MR) is 200 cm³/mol. The van der Waals surface area contributed by atoms with Crippen LogP contribution in [-0.2, 0) is 39.9 Å². The molecule has 14 heteroatoms. The minimum Gasteiger partial charge on any atom is -0.480 e. The van der Waals surface area contributed by atoms with E-state index in [2.05, 4.69) is 16.0 Å². The number of ether oxygens (including phenoxy) is 2. The van der Waals surface area contributed by atoms with Crippen molar-refractivity contribution in [1.82, 2.24) is 25.8 Å². The molecule has 0 saturated carbocycles. The van der Waals surface area contributed by atoms with Gasteiger partial charge in [-0.1, -0.05) is 67.0 Å². The molecule has 1 saturated heterocycles. The quantitative estimate of drug-likeness (QED) is 0.148. The molecule has 0 radical (unpaired) electrons. The van der Waals surface area contributed by atoms with Crippen LogP contribution < -0.4 is 16.0 Å². The molecule has 300 valence electrons. The maximum Gasteiger partial charge on any atom is 0.326 e. The maximum absolute atomic E-state index is 14.1. The summed E-state index contributed by atoms with van der Waals surface area (Å²) in [5.41, 5.74) is 0.552. The number of rotatable bonds is 21. The molecule has 0 aromatic heterocycles. The number of aliphatic carboxylic acids is 1. The van der Waals surface area contributed by atoms with Crippen LogP contribution >= 0.6 is 0 Å². The second-order valence-corrected chi connectivity index (χ2v) is 15.1. The van der Waals surface area contributed by atoms with Gasteiger partial charge in [0, 0.05) is 34.2 Å². The molecular formula is C39H64FN5O8. The van der Waals surface area contributed by atoms with Crippen molar-refractivity contribution < 1.29 is 42.9 Å². The molecule has 1 fully saturated rings. The van der Waals surface area contributed by atoms with Crippen molar-refractivity contribution >= 4 is 29.6 Å². The van der Waals surface area contributed by atoms with Gasteiger partial charge in [-0.2, -0.15) is 0 Å². The molecular weight excluding hydrogens is 685 g/mol. The predicted octanol–water partition coefficient (Wildman–Crippen LogP) is 3.24. The van der Waals surface area contributed by atoms with Crippen LogP contribution in [0.1, 0.15) is 79.7 Å². The average Bonchev–Trinajstić information content (AvgIpc) is 3.60. The molecule has 1 heterocycles. The van der Waals surface area contributed by atoms with E-state index < -0.39 is 66.0 Å². The zero-order valence-corrected chi connectivity index (χ0v) is 33.5. The molecule has 4 N–H and O–H groups in total. The van der Waals surface area contributed by atoms with E-state index in [9.17, 15) is 33.5 Å². The van der Waals surface area contributed by atoms with Crippen molar-refractivity contribution in [3.05, 3.63) is 35.6 Å². The van der Waals surface area contributed by atoms with Gasteiger partial charge in [0.25, 0.3) is 0 Å². The third-order valence-corrected chi connectivity index (χ3v) is 10.7. The Hall–Kier alpha value is -3.62. The highest BCUT2D eigenvalue weighted by molar-refractivity contribution is 5.90. The van der Waals surface area contributed by atoms with E-state index in [1.165, 1.54) is 38.5 Å². The number of methoxy groups -OCH3 is 2. The fourth-order valence-electron chi connectivity index (χ4n) is 7.41. The van der Waals surface area contributed by atoms with Crippen molar-refractivity contribution in [2.24, 2.45) is 23.7 Å². The van der Waals surface area contributed by atoms with Gasteiger partial charge < -0.3 is 40.3 Å². The third kappa shape index (κ3) is 12.2. The number of nitrogens with zero attached hydrogens (tertiary/aromatic N) is 2. The second-order valence-electron chi connectivity index (χ2n) is 15.1. The number of hydrogen-bond donors (Lipinski definition) is 4. The Bertz CT molecular complexity index is 1360. The normalized spacial score (nSPS) is 19.1. The molecule has 2 rings (SSSR count). The summed E-state index contributed by atoms with van der Waals surface area (Å²) < 4.78 is 25.2. The van der Waals surface area contributed by atoms with Crippen molar-refractivity contribution in [3.8, 4) is 0 Å². The highest BCUT2D eigenvalue weighted by Gasteiger charge is 2.43. The van der Waals surface area contributed by atoms with E-state index in [-0.39, 0.29) is 48.3 Å².